The molecule has 2 aromatic rings. The van der Waals surface area contributed by atoms with Crippen LogP contribution in [0.4, 0.5) is 5.82 Å². The first-order valence-electron chi connectivity index (χ1n) is 5.91. The van der Waals surface area contributed by atoms with Crippen LogP contribution in [0.2, 0.25) is 10.0 Å². The van der Waals surface area contributed by atoms with Gasteiger partial charge in [-0.2, -0.15) is 0 Å². The number of hydrogen-bond acceptors (Lipinski definition) is 3. The zero-order chi connectivity index (χ0) is 13.8. The minimum atomic E-state index is 0.432. The summed E-state index contributed by atoms with van der Waals surface area (Å²) >= 11 is 12.4. The van der Waals surface area contributed by atoms with Crippen LogP contribution in [0.25, 0.3) is 0 Å². The van der Waals surface area contributed by atoms with Gasteiger partial charge in [0.25, 0.3) is 0 Å². The number of benzene rings is 1. The molecule has 0 fully saturated rings. The third-order valence-electron chi connectivity index (χ3n) is 2.84. The SMILES string of the molecule is CN(Cc1ccccc1Cl)c1ncc(CN)cc1Cl. The van der Waals surface area contributed by atoms with Crippen molar-refractivity contribution in [2.75, 3.05) is 11.9 Å². The smallest absolute Gasteiger partial charge is 0.147 e. The van der Waals surface area contributed by atoms with E-state index in [1.165, 1.54) is 0 Å². The van der Waals surface area contributed by atoms with E-state index in [4.69, 9.17) is 28.9 Å². The highest BCUT2D eigenvalue weighted by Crippen LogP contribution is 2.25. The first-order chi connectivity index (χ1) is 9.11. The Labute approximate surface area is 123 Å². The molecule has 100 valence electrons. The van der Waals surface area contributed by atoms with Crippen molar-refractivity contribution in [2.24, 2.45) is 5.73 Å². The minimum Gasteiger partial charge on any atom is -0.354 e. The predicted molar refractivity (Wildman–Crippen MR) is 80.7 cm³/mol. The molecule has 1 heterocycles. The van der Waals surface area contributed by atoms with Crippen LogP contribution in [0, 0.1) is 0 Å². The van der Waals surface area contributed by atoms with Gasteiger partial charge in [0.05, 0.1) is 5.02 Å². The summed E-state index contributed by atoms with van der Waals surface area (Å²) in [5.74, 6) is 0.721. The molecule has 0 aliphatic rings. The summed E-state index contributed by atoms with van der Waals surface area (Å²) in [4.78, 5) is 6.31. The summed E-state index contributed by atoms with van der Waals surface area (Å²) in [7, 11) is 1.93. The van der Waals surface area contributed by atoms with Crippen molar-refractivity contribution in [3.05, 3.63) is 57.7 Å². The average Bonchev–Trinajstić information content (AvgIpc) is 2.41. The summed E-state index contributed by atoms with van der Waals surface area (Å²) in [5, 5.41) is 1.33. The Morgan fingerprint density at radius 1 is 1.21 bits per heavy atom. The van der Waals surface area contributed by atoms with Crippen LogP contribution in [0.15, 0.2) is 36.5 Å². The predicted octanol–water partition coefficient (Wildman–Crippen LogP) is 3.48. The highest BCUT2D eigenvalue weighted by atomic mass is 35.5. The topological polar surface area (TPSA) is 42.2 Å². The third-order valence-corrected chi connectivity index (χ3v) is 3.49. The second-order valence-electron chi connectivity index (χ2n) is 4.30. The number of rotatable bonds is 4. The van der Waals surface area contributed by atoms with Crippen LogP contribution >= 0.6 is 23.2 Å². The molecule has 2 rings (SSSR count). The fraction of sp³-hybridized carbons (Fsp3) is 0.214. The zero-order valence-electron chi connectivity index (χ0n) is 10.6. The largest absolute Gasteiger partial charge is 0.354 e. The Bertz CT molecular complexity index is 572. The summed E-state index contributed by atoms with van der Waals surface area (Å²) in [5.41, 5.74) is 7.51. The number of anilines is 1. The van der Waals surface area contributed by atoms with E-state index in [9.17, 15) is 0 Å². The lowest BCUT2D eigenvalue weighted by atomic mass is 10.2. The molecular formula is C14H15Cl2N3. The van der Waals surface area contributed by atoms with Gasteiger partial charge < -0.3 is 10.6 Å². The monoisotopic (exact) mass is 295 g/mol. The van der Waals surface area contributed by atoms with Crippen LogP contribution in [0.5, 0.6) is 0 Å². The fourth-order valence-electron chi connectivity index (χ4n) is 1.82. The van der Waals surface area contributed by atoms with Crippen LogP contribution in [-0.2, 0) is 13.1 Å². The number of halogens is 2. The Hall–Kier alpha value is -1.29. The van der Waals surface area contributed by atoms with Crippen LogP contribution < -0.4 is 10.6 Å². The van der Waals surface area contributed by atoms with Gasteiger partial charge in [0, 0.05) is 31.4 Å². The first-order valence-corrected chi connectivity index (χ1v) is 6.66. The number of hydrogen-bond donors (Lipinski definition) is 1. The second-order valence-corrected chi connectivity index (χ2v) is 5.11. The molecular weight excluding hydrogens is 281 g/mol. The molecule has 0 aliphatic carbocycles. The van der Waals surface area contributed by atoms with Crippen molar-refractivity contribution >= 4 is 29.0 Å². The van der Waals surface area contributed by atoms with Gasteiger partial charge in [0.15, 0.2) is 0 Å². The number of nitrogens with zero attached hydrogens (tertiary/aromatic N) is 2. The van der Waals surface area contributed by atoms with Gasteiger partial charge >= 0.3 is 0 Å². The molecule has 0 amide bonds. The van der Waals surface area contributed by atoms with Gasteiger partial charge in [-0.25, -0.2) is 4.98 Å². The van der Waals surface area contributed by atoms with Crippen LogP contribution in [0.1, 0.15) is 11.1 Å². The lowest BCUT2D eigenvalue weighted by Gasteiger charge is -2.20. The average molecular weight is 296 g/mol. The van der Waals surface area contributed by atoms with Gasteiger partial charge in [0.2, 0.25) is 0 Å². The van der Waals surface area contributed by atoms with E-state index >= 15 is 0 Å². The molecule has 5 heteroatoms. The van der Waals surface area contributed by atoms with E-state index in [2.05, 4.69) is 4.98 Å². The van der Waals surface area contributed by atoms with E-state index in [0.717, 1.165) is 22.0 Å². The van der Waals surface area contributed by atoms with Crippen molar-refractivity contribution in [1.82, 2.24) is 4.98 Å². The van der Waals surface area contributed by atoms with Gasteiger partial charge in [-0.3, -0.25) is 0 Å². The van der Waals surface area contributed by atoms with Crippen LogP contribution in [0.3, 0.4) is 0 Å². The zero-order valence-corrected chi connectivity index (χ0v) is 12.1. The number of nitrogens with two attached hydrogens (primary N) is 1. The molecule has 0 spiro atoms. The standard InChI is InChI=1S/C14H15Cl2N3/c1-19(9-11-4-2-3-5-12(11)15)14-13(16)6-10(7-17)8-18-14/h2-6,8H,7,9,17H2,1H3. The maximum absolute atomic E-state index is 6.22. The van der Waals surface area contributed by atoms with E-state index < -0.39 is 0 Å². The Balaban J connectivity index is 2.21. The molecule has 0 bridgehead atoms. The fourth-order valence-corrected chi connectivity index (χ4v) is 2.35. The summed E-state index contributed by atoms with van der Waals surface area (Å²) in [6.07, 6.45) is 1.74. The van der Waals surface area contributed by atoms with Crippen molar-refractivity contribution in [3.63, 3.8) is 0 Å². The Morgan fingerprint density at radius 3 is 2.58 bits per heavy atom. The maximum atomic E-state index is 6.22. The summed E-state index contributed by atoms with van der Waals surface area (Å²) in [6.45, 7) is 1.08. The van der Waals surface area contributed by atoms with Crippen molar-refractivity contribution < 1.29 is 0 Å². The van der Waals surface area contributed by atoms with Crippen LogP contribution in [-0.4, -0.2) is 12.0 Å². The summed E-state index contributed by atoms with van der Waals surface area (Å²) < 4.78 is 0. The molecule has 2 N–H and O–H groups in total. The van der Waals surface area contributed by atoms with E-state index in [-0.39, 0.29) is 0 Å². The van der Waals surface area contributed by atoms with Gasteiger partial charge in [-0.1, -0.05) is 41.4 Å². The number of pyridine rings is 1. The summed E-state index contributed by atoms with van der Waals surface area (Å²) in [6, 6.07) is 9.57. The maximum Gasteiger partial charge on any atom is 0.147 e. The lowest BCUT2D eigenvalue weighted by molar-refractivity contribution is 0.893. The molecule has 19 heavy (non-hydrogen) atoms. The lowest BCUT2D eigenvalue weighted by Crippen LogP contribution is -2.18. The molecule has 1 aromatic heterocycles. The molecule has 1 aromatic carbocycles. The molecule has 0 saturated heterocycles. The van der Waals surface area contributed by atoms with E-state index in [1.807, 2.05) is 42.3 Å². The second kappa shape index (κ2) is 6.24. The molecule has 0 atom stereocenters. The highest BCUT2D eigenvalue weighted by molar-refractivity contribution is 6.33. The Morgan fingerprint density at radius 2 is 1.95 bits per heavy atom. The van der Waals surface area contributed by atoms with E-state index in [1.54, 1.807) is 6.20 Å². The number of aromatic nitrogens is 1. The van der Waals surface area contributed by atoms with Crippen molar-refractivity contribution in [2.45, 2.75) is 13.1 Å². The molecule has 0 unspecified atom stereocenters. The molecule has 3 nitrogen and oxygen atoms in total. The van der Waals surface area contributed by atoms with E-state index in [0.29, 0.717) is 18.1 Å². The van der Waals surface area contributed by atoms with Crippen molar-refractivity contribution in [3.8, 4) is 0 Å². The highest BCUT2D eigenvalue weighted by Gasteiger charge is 2.10. The minimum absolute atomic E-state index is 0.432. The van der Waals surface area contributed by atoms with Crippen molar-refractivity contribution in [1.29, 1.82) is 0 Å². The quantitative estimate of drug-likeness (QED) is 0.939. The Kier molecular flexibility index (Phi) is 4.64. The molecule has 0 radical (unpaired) electrons. The van der Waals surface area contributed by atoms with Gasteiger partial charge in [-0.05, 0) is 23.3 Å². The van der Waals surface area contributed by atoms with Gasteiger partial charge in [0.1, 0.15) is 5.82 Å². The molecule has 0 aliphatic heterocycles. The molecule has 0 saturated carbocycles. The van der Waals surface area contributed by atoms with Gasteiger partial charge in [-0.15, -0.1) is 0 Å². The first kappa shape index (κ1) is 14.1. The normalized spacial score (nSPS) is 10.5. The third kappa shape index (κ3) is 3.38.